The van der Waals surface area contributed by atoms with Gasteiger partial charge in [0.15, 0.2) is 0 Å². The predicted octanol–water partition coefficient (Wildman–Crippen LogP) is 3.90. The van der Waals surface area contributed by atoms with Crippen LogP contribution in [-0.4, -0.2) is 0 Å². The van der Waals surface area contributed by atoms with Crippen molar-refractivity contribution in [2.75, 3.05) is 16.8 Å². The van der Waals surface area contributed by atoms with Gasteiger partial charge >= 0.3 is 0 Å². The van der Waals surface area contributed by atoms with Gasteiger partial charge in [0.1, 0.15) is 0 Å². The highest BCUT2D eigenvalue weighted by atomic mass is 35.5. The van der Waals surface area contributed by atoms with Crippen molar-refractivity contribution in [2.24, 2.45) is 0 Å². The van der Waals surface area contributed by atoms with E-state index in [1.165, 1.54) is 0 Å². The summed E-state index contributed by atoms with van der Waals surface area (Å²) in [6.45, 7) is 0. The van der Waals surface area contributed by atoms with Gasteiger partial charge in [-0.2, -0.15) is 0 Å². The number of halogens is 2. The molecule has 0 bridgehead atoms. The van der Waals surface area contributed by atoms with Gasteiger partial charge in [-0.1, -0.05) is 23.2 Å². The van der Waals surface area contributed by atoms with Crippen LogP contribution in [0.1, 0.15) is 0 Å². The van der Waals surface area contributed by atoms with Gasteiger partial charge in [-0.15, -0.1) is 0 Å². The van der Waals surface area contributed by atoms with Gasteiger partial charge in [-0.05, 0) is 36.4 Å². The van der Waals surface area contributed by atoms with E-state index in [1.807, 2.05) is 12.1 Å². The molecule has 0 saturated heterocycles. The third-order valence-electron chi connectivity index (χ3n) is 2.29. The molecule has 0 aliphatic carbocycles. The van der Waals surface area contributed by atoms with E-state index < -0.39 is 0 Å². The summed E-state index contributed by atoms with van der Waals surface area (Å²) >= 11 is 11.9. The molecular weight excluding hydrogens is 257 g/mol. The van der Waals surface area contributed by atoms with Crippen LogP contribution in [0, 0.1) is 0 Å². The first-order chi connectivity index (χ1) is 8.06. The number of anilines is 4. The molecule has 0 aliphatic rings. The van der Waals surface area contributed by atoms with Crippen molar-refractivity contribution in [3.63, 3.8) is 0 Å². The zero-order valence-corrected chi connectivity index (χ0v) is 10.4. The van der Waals surface area contributed by atoms with Crippen LogP contribution in [0.2, 0.25) is 10.0 Å². The lowest BCUT2D eigenvalue weighted by Crippen LogP contribution is -1.93. The number of hydrogen-bond donors (Lipinski definition) is 3. The SMILES string of the molecule is Nc1ccc(Nc2ccc(N)c(Cl)c2)cc1Cl. The molecule has 2 aromatic carbocycles. The van der Waals surface area contributed by atoms with Crippen molar-refractivity contribution in [1.29, 1.82) is 0 Å². The Morgan fingerprint density at radius 2 is 1.18 bits per heavy atom. The molecule has 5 heteroatoms. The minimum atomic E-state index is 0.511. The Morgan fingerprint density at radius 3 is 1.53 bits per heavy atom. The lowest BCUT2D eigenvalue weighted by molar-refractivity contribution is 1.55. The molecule has 0 aliphatic heterocycles. The number of nitrogen functional groups attached to an aromatic ring is 2. The van der Waals surface area contributed by atoms with E-state index in [9.17, 15) is 0 Å². The highest BCUT2D eigenvalue weighted by molar-refractivity contribution is 6.33. The van der Waals surface area contributed by atoms with Crippen LogP contribution in [0.25, 0.3) is 0 Å². The summed E-state index contributed by atoms with van der Waals surface area (Å²) in [5, 5.41) is 4.18. The Morgan fingerprint density at radius 1 is 0.765 bits per heavy atom. The second-order valence-corrected chi connectivity index (χ2v) is 4.41. The summed E-state index contributed by atoms with van der Waals surface area (Å²) in [6, 6.07) is 10.7. The van der Waals surface area contributed by atoms with Crippen LogP contribution in [0.4, 0.5) is 22.7 Å². The monoisotopic (exact) mass is 267 g/mol. The van der Waals surface area contributed by atoms with Gasteiger partial charge in [0.25, 0.3) is 0 Å². The molecule has 0 amide bonds. The summed E-state index contributed by atoms with van der Waals surface area (Å²) in [4.78, 5) is 0. The molecule has 3 nitrogen and oxygen atoms in total. The van der Waals surface area contributed by atoms with E-state index in [1.54, 1.807) is 24.3 Å². The molecule has 0 unspecified atom stereocenters. The normalized spacial score (nSPS) is 10.2. The maximum absolute atomic E-state index is 5.93. The molecule has 5 N–H and O–H groups in total. The Kier molecular flexibility index (Phi) is 3.31. The van der Waals surface area contributed by atoms with Crippen molar-refractivity contribution in [2.45, 2.75) is 0 Å². The van der Waals surface area contributed by atoms with Crippen LogP contribution >= 0.6 is 23.2 Å². The van der Waals surface area contributed by atoms with E-state index >= 15 is 0 Å². The Balaban J connectivity index is 2.25. The van der Waals surface area contributed by atoms with E-state index in [0.717, 1.165) is 11.4 Å². The second kappa shape index (κ2) is 4.73. The van der Waals surface area contributed by atoms with E-state index in [4.69, 9.17) is 34.7 Å². The van der Waals surface area contributed by atoms with Crippen LogP contribution < -0.4 is 16.8 Å². The van der Waals surface area contributed by atoms with Crippen molar-refractivity contribution in [1.82, 2.24) is 0 Å². The summed E-state index contributed by atoms with van der Waals surface area (Å²) in [7, 11) is 0. The first-order valence-corrected chi connectivity index (χ1v) is 5.69. The number of nitrogens with two attached hydrogens (primary N) is 2. The molecule has 0 heterocycles. The third-order valence-corrected chi connectivity index (χ3v) is 2.94. The number of nitrogens with one attached hydrogen (secondary N) is 1. The maximum atomic E-state index is 5.93. The molecule has 17 heavy (non-hydrogen) atoms. The quantitative estimate of drug-likeness (QED) is 0.724. The lowest BCUT2D eigenvalue weighted by atomic mass is 10.2. The Labute approximate surface area is 109 Å². The Hall–Kier alpha value is -1.58. The molecule has 0 radical (unpaired) electrons. The highest BCUT2D eigenvalue weighted by Crippen LogP contribution is 2.28. The van der Waals surface area contributed by atoms with Crippen LogP contribution in [0.3, 0.4) is 0 Å². The van der Waals surface area contributed by atoms with Gasteiger partial charge < -0.3 is 16.8 Å². The van der Waals surface area contributed by atoms with Gasteiger partial charge in [0.05, 0.1) is 21.4 Å². The standard InChI is InChI=1S/C12H11Cl2N3/c13-9-5-7(1-3-11(9)15)17-8-2-4-12(16)10(14)6-8/h1-6,17H,15-16H2. The average molecular weight is 268 g/mol. The molecule has 0 atom stereocenters. The summed E-state index contributed by atoms with van der Waals surface area (Å²) in [5.41, 5.74) is 14.0. The van der Waals surface area contributed by atoms with Crippen molar-refractivity contribution < 1.29 is 0 Å². The molecule has 2 rings (SSSR count). The zero-order valence-electron chi connectivity index (χ0n) is 8.87. The molecule has 0 saturated carbocycles. The van der Waals surface area contributed by atoms with Gasteiger partial charge in [0.2, 0.25) is 0 Å². The minimum absolute atomic E-state index is 0.511. The van der Waals surface area contributed by atoms with E-state index in [0.29, 0.717) is 21.4 Å². The van der Waals surface area contributed by atoms with Gasteiger partial charge in [0, 0.05) is 11.4 Å². The fourth-order valence-corrected chi connectivity index (χ4v) is 1.74. The van der Waals surface area contributed by atoms with Crippen molar-refractivity contribution >= 4 is 46.0 Å². The van der Waals surface area contributed by atoms with Crippen LogP contribution in [0.5, 0.6) is 0 Å². The van der Waals surface area contributed by atoms with Gasteiger partial charge in [-0.3, -0.25) is 0 Å². The predicted molar refractivity (Wildman–Crippen MR) is 75.0 cm³/mol. The maximum Gasteiger partial charge on any atom is 0.0656 e. The number of hydrogen-bond acceptors (Lipinski definition) is 3. The topological polar surface area (TPSA) is 64.1 Å². The molecule has 0 fully saturated rings. The molecular formula is C12H11Cl2N3. The van der Waals surface area contributed by atoms with Crippen LogP contribution in [0.15, 0.2) is 36.4 Å². The second-order valence-electron chi connectivity index (χ2n) is 3.60. The molecule has 0 aromatic heterocycles. The number of rotatable bonds is 2. The molecule has 2 aromatic rings. The molecule has 0 spiro atoms. The average Bonchev–Trinajstić information content (AvgIpc) is 2.29. The van der Waals surface area contributed by atoms with Crippen molar-refractivity contribution in [3.8, 4) is 0 Å². The highest BCUT2D eigenvalue weighted by Gasteiger charge is 2.01. The summed E-state index contributed by atoms with van der Waals surface area (Å²) in [5.74, 6) is 0. The zero-order chi connectivity index (χ0) is 12.4. The first kappa shape index (κ1) is 11.9. The number of benzene rings is 2. The van der Waals surface area contributed by atoms with Crippen molar-refractivity contribution in [3.05, 3.63) is 46.4 Å². The van der Waals surface area contributed by atoms with E-state index in [-0.39, 0.29) is 0 Å². The fourth-order valence-electron chi connectivity index (χ4n) is 1.38. The van der Waals surface area contributed by atoms with E-state index in [2.05, 4.69) is 5.32 Å². The van der Waals surface area contributed by atoms with Gasteiger partial charge in [-0.25, -0.2) is 0 Å². The molecule has 88 valence electrons. The van der Waals surface area contributed by atoms with Crippen LogP contribution in [-0.2, 0) is 0 Å². The fraction of sp³-hybridized carbons (Fsp3) is 0. The Bertz CT molecular complexity index is 506. The minimum Gasteiger partial charge on any atom is -0.398 e. The third kappa shape index (κ3) is 2.75. The summed E-state index contributed by atoms with van der Waals surface area (Å²) < 4.78 is 0. The summed E-state index contributed by atoms with van der Waals surface area (Å²) in [6.07, 6.45) is 0. The largest absolute Gasteiger partial charge is 0.398 e. The first-order valence-electron chi connectivity index (χ1n) is 4.93. The smallest absolute Gasteiger partial charge is 0.0656 e. The lowest BCUT2D eigenvalue weighted by Gasteiger charge is -2.09.